The van der Waals surface area contributed by atoms with Crippen LogP contribution >= 0.6 is 0 Å². The number of aryl methyl sites for hydroxylation is 2. The number of nitrogens with zero attached hydrogens (tertiary/aromatic N) is 2. The highest BCUT2D eigenvalue weighted by atomic mass is 15.1. The summed E-state index contributed by atoms with van der Waals surface area (Å²) in [6.45, 7) is 12.0. The third-order valence-corrected chi connectivity index (χ3v) is 1.17. The van der Waals surface area contributed by atoms with Gasteiger partial charge in [0.2, 0.25) is 0 Å². The van der Waals surface area contributed by atoms with E-state index >= 15 is 0 Å². The molecule has 0 bridgehead atoms. The molecule has 0 N–H and O–H groups in total. The predicted octanol–water partition coefficient (Wildman–Crippen LogP) is 3.15. The second kappa shape index (κ2) is 10.1. The molecule has 0 fully saturated rings. The Labute approximate surface area is 76.0 Å². The van der Waals surface area contributed by atoms with Crippen molar-refractivity contribution in [1.29, 1.82) is 0 Å². The van der Waals surface area contributed by atoms with Crippen molar-refractivity contribution in [2.45, 2.75) is 41.5 Å². The Kier molecular flexibility index (Phi) is 11.5. The van der Waals surface area contributed by atoms with Gasteiger partial charge in [-0.15, -0.1) is 0 Å². The van der Waals surface area contributed by atoms with Crippen molar-refractivity contribution in [3.05, 3.63) is 23.5 Å². The molecule has 1 aromatic rings. The minimum atomic E-state index is 1.01. The highest BCUT2D eigenvalue weighted by Crippen LogP contribution is 1.96. The summed E-state index contributed by atoms with van der Waals surface area (Å²) in [5.41, 5.74) is 2.20. The highest BCUT2D eigenvalue weighted by Gasteiger charge is 1.86. The minimum Gasteiger partial charge on any atom is -0.159 e. The quantitative estimate of drug-likeness (QED) is 0.594. The van der Waals surface area contributed by atoms with Gasteiger partial charge in [0.15, 0.2) is 0 Å². The number of hydrogen-bond donors (Lipinski definition) is 0. The van der Waals surface area contributed by atoms with Crippen LogP contribution in [0.4, 0.5) is 0 Å². The van der Waals surface area contributed by atoms with E-state index in [-0.39, 0.29) is 0 Å². The van der Waals surface area contributed by atoms with Crippen LogP contribution in [0.2, 0.25) is 0 Å². The largest absolute Gasteiger partial charge is 0.159 e. The Hall–Kier alpha value is -0.920. The molecule has 0 saturated heterocycles. The summed E-state index contributed by atoms with van der Waals surface area (Å²) in [4.78, 5) is 0. The number of hydrogen-bond acceptors (Lipinski definition) is 2. The predicted molar refractivity (Wildman–Crippen MR) is 54.2 cm³/mol. The molecule has 1 heterocycles. The van der Waals surface area contributed by atoms with Crippen molar-refractivity contribution >= 4 is 0 Å². The SMILES string of the molecule is CC.CC.Cc1ccnnc1C. The Morgan fingerprint density at radius 3 is 1.75 bits per heavy atom. The molecule has 0 amide bonds. The van der Waals surface area contributed by atoms with Crippen LogP contribution in [0.25, 0.3) is 0 Å². The Morgan fingerprint density at radius 1 is 1.00 bits per heavy atom. The molecule has 0 aliphatic heterocycles. The first-order valence-electron chi connectivity index (χ1n) is 4.55. The highest BCUT2D eigenvalue weighted by molar-refractivity contribution is 5.12. The number of aromatic nitrogens is 2. The van der Waals surface area contributed by atoms with Crippen molar-refractivity contribution in [3.8, 4) is 0 Å². The standard InChI is InChI=1S/C6H8N2.2C2H6/c1-5-3-4-7-8-6(5)2;2*1-2/h3-4H,1-2H3;2*1-2H3. The molecule has 0 unspecified atom stereocenters. The maximum Gasteiger partial charge on any atom is 0.0629 e. The lowest BCUT2D eigenvalue weighted by Crippen LogP contribution is -1.86. The van der Waals surface area contributed by atoms with Gasteiger partial charge in [-0.05, 0) is 25.5 Å². The van der Waals surface area contributed by atoms with Crippen molar-refractivity contribution in [3.63, 3.8) is 0 Å². The van der Waals surface area contributed by atoms with Crippen molar-refractivity contribution in [2.75, 3.05) is 0 Å². The van der Waals surface area contributed by atoms with E-state index in [4.69, 9.17) is 0 Å². The minimum absolute atomic E-state index is 1.01. The second-order valence-electron chi connectivity index (χ2n) is 1.80. The van der Waals surface area contributed by atoms with Gasteiger partial charge in [-0.25, -0.2) is 0 Å². The first kappa shape index (κ1) is 13.7. The third-order valence-electron chi connectivity index (χ3n) is 1.17. The van der Waals surface area contributed by atoms with Gasteiger partial charge in [-0.2, -0.15) is 10.2 Å². The molecule has 0 spiro atoms. The summed E-state index contributed by atoms with van der Waals surface area (Å²) in [6, 6.07) is 1.95. The molecule has 0 aromatic carbocycles. The number of rotatable bonds is 0. The first-order chi connectivity index (χ1) is 5.80. The van der Waals surface area contributed by atoms with Crippen molar-refractivity contribution < 1.29 is 0 Å². The fourth-order valence-electron chi connectivity index (χ4n) is 0.465. The lowest BCUT2D eigenvalue weighted by molar-refractivity contribution is 0.961. The van der Waals surface area contributed by atoms with E-state index in [2.05, 4.69) is 10.2 Å². The zero-order chi connectivity index (χ0) is 9.98. The van der Waals surface area contributed by atoms with Gasteiger partial charge in [0, 0.05) is 6.20 Å². The summed E-state index contributed by atoms with van der Waals surface area (Å²) >= 11 is 0. The van der Waals surface area contributed by atoms with Gasteiger partial charge in [0.25, 0.3) is 0 Å². The van der Waals surface area contributed by atoms with E-state index in [0.29, 0.717) is 0 Å². The van der Waals surface area contributed by atoms with Crippen molar-refractivity contribution in [2.24, 2.45) is 0 Å². The summed E-state index contributed by atoms with van der Waals surface area (Å²) in [5, 5.41) is 7.52. The lowest BCUT2D eigenvalue weighted by atomic mass is 10.3. The topological polar surface area (TPSA) is 25.8 Å². The van der Waals surface area contributed by atoms with E-state index in [0.717, 1.165) is 5.69 Å². The zero-order valence-corrected chi connectivity index (χ0v) is 9.05. The molecule has 1 rings (SSSR count). The molecule has 0 radical (unpaired) electrons. The summed E-state index contributed by atoms with van der Waals surface area (Å²) in [5.74, 6) is 0. The normalized spacial score (nSPS) is 7.17. The van der Waals surface area contributed by atoms with Crippen molar-refractivity contribution in [1.82, 2.24) is 10.2 Å². The molecule has 2 nitrogen and oxygen atoms in total. The van der Waals surface area contributed by atoms with Gasteiger partial charge < -0.3 is 0 Å². The van der Waals surface area contributed by atoms with E-state index in [9.17, 15) is 0 Å². The maximum absolute atomic E-state index is 3.83. The molecule has 0 aliphatic rings. The Morgan fingerprint density at radius 2 is 1.50 bits per heavy atom. The summed E-state index contributed by atoms with van der Waals surface area (Å²) < 4.78 is 0. The van der Waals surface area contributed by atoms with E-state index in [1.54, 1.807) is 6.20 Å². The van der Waals surface area contributed by atoms with Gasteiger partial charge in [0.1, 0.15) is 0 Å². The van der Waals surface area contributed by atoms with Crippen LogP contribution in [0.5, 0.6) is 0 Å². The third kappa shape index (κ3) is 5.83. The molecule has 70 valence electrons. The van der Waals surface area contributed by atoms with E-state index in [1.165, 1.54) is 5.56 Å². The fraction of sp³-hybridized carbons (Fsp3) is 0.600. The Balaban J connectivity index is 0. The molecule has 12 heavy (non-hydrogen) atoms. The van der Waals surface area contributed by atoms with Crippen LogP contribution in [-0.4, -0.2) is 10.2 Å². The van der Waals surface area contributed by atoms with E-state index in [1.807, 2.05) is 47.6 Å². The summed E-state index contributed by atoms with van der Waals surface area (Å²) in [6.07, 6.45) is 1.70. The molecule has 1 aromatic heterocycles. The van der Waals surface area contributed by atoms with Gasteiger partial charge in [-0.1, -0.05) is 27.7 Å². The van der Waals surface area contributed by atoms with Crippen LogP contribution < -0.4 is 0 Å². The zero-order valence-electron chi connectivity index (χ0n) is 9.05. The second-order valence-corrected chi connectivity index (χ2v) is 1.80. The molecule has 2 heteroatoms. The van der Waals surface area contributed by atoms with Crippen LogP contribution in [-0.2, 0) is 0 Å². The van der Waals surface area contributed by atoms with E-state index < -0.39 is 0 Å². The first-order valence-corrected chi connectivity index (χ1v) is 4.55. The van der Waals surface area contributed by atoms with Gasteiger partial charge >= 0.3 is 0 Å². The molecule has 0 aliphatic carbocycles. The van der Waals surface area contributed by atoms with Crippen LogP contribution in [0.1, 0.15) is 39.0 Å². The molecule has 0 atom stereocenters. The van der Waals surface area contributed by atoms with Gasteiger partial charge in [0.05, 0.1) is 5.69 Å². The maximum atomic E-state index is 3.83. The monoisotopic (exact) mass is 168 g/mol. The smallest absolute Gasteiger partial charge is 0.0629 e. The average Bonchev–Trinajstić information content (AvgIpc) is 2.17. The Bertz CT molecular complexity index is 164. The van der Waals surface area contributed by atoms with Crippen LogP contribution in [0.15, 0.2) is 12.3 Å². The lowest BCUT2D eigenvalue weighted by Gasteiger charge is -1.91. The molecule has 0 saturated carbocycles. The average molecular weight is 168 g/mol. The van der Waals surface area contributed by atoms with Crippen LogP contribution in [0.3, 0.4) is 0 Å². The van der Waals surface area contributed by atoms with Gasteiger partial charge in [-0.3, -0.25) is 0 Å². The fourth-order valence-corrected chi connectivity index (χ4v) is 0.465. The van der Waals surface area contributed by atoms with Crippen LogP contribution in [0, 0.1) is 13.8 Å². The summed E-state index contributed by atoms with van der Waals surface area (Å²) in [7, 11) is 0. The molecular formula is C10H20N2. The molecular weight excluding hydrogens is 148 g/mol.